The first-order valence-electron chi connectivity index (χ1n) is 7.17. The predicted molar refractivity (Wildman–Crippen MR) is 81.2 cm³/mol. The smallest absolute Gasteiger partial charge is 0.261 e. The summed E-state index contributed by atoms with van der Waals surface area (Å²) in [6.45, 7) is 0.713. The summed E-state index contributed by atoms with van der Waals surface area (Å²) in [7, 11) is 0. The normalized spacial score (nSPS) is 19.3. The largest absolute Gasteiger partial charge is 0.489 e. The van der Waals surface area contributed by atoms with Gasteiger partial charge in [0.25, 0.3) is 11.8 Å². The second kappa shape index (κ2) is 4.87. The number of carbonyl (C=O) groups excluding carboxylic acids is 2. The molecule has 0 saturated heterocycles. The van der Waals surface area contributed by atoms with Crippen LogP contribution in [0.2, 0.25) is 0 Å². The first-order valence-corrected chi connectivity index (χ1v) is 7.17. The molecule has 0 aromatic heterocycles. The van der Waals surface area contributed by atoms with Gasteiger partial charge in [-0.1, -0.05) is 24.3 Å². The molecule has 0 fully saturated rings. The third kappa shape index (κ3) is 1.94. The van der Waals surface area contributed by atoms with Crippen molar-refractivity contribution in [3.63, 3.8) is 0 Å². The standard InChI is InChI=1S/C17H14N2O3/c20-16-12-5-1-2-6-13(12)17(21)19(16)9-11-10-22-15-8-4-3-7-14(15)18-11/h1-8,11,18H,9-10H2. The zero-order chi connectivity index (χ0) is 15.1. The van der Waals surface area contributed by atoms with Crippen LogP contribution in [-0.2, 0) is 0 Å². The number of hydrogen-bond acceptors (Lipinski definition) is 4. The number of benzene rings is 2. The Hall–Kier alpha value is -2.82. The summed E-state index contributed by atoms with van der Waals surface area (Å²) in [5.41, 5.74) is 1.84. The summed E-state index contributed by atoms with van der Waals surface area (Å²) in [6.07, 6.45) is 0. The van der Waals surface area contributed by atoms with Crippen molar-refractivity contribution in [1.29, 1.82) is 0 Å². The number of amides is 2. The Labute approximate surface area is 127 Å². The number of rotatable bonds is 2. The number of imide groups is 1. The van der Waals surface area contributed by atoms with E-state index in [9.17, 15) is 9.59 Å². The summed E-state index contributed by atoms with van der Waals surface area (Å²) in [5.74, 6) is 0.323. The summed E-state index contributed by atoms with van der Waals surface area (Å²) in [6, 6.07) is 14.4. The quantitative estimate of drug-likeness (QED) is 0.862. The van der Waals surface area contributed by atoms with E-state index in [0.717, 1.165) is 11.4 Å². The Bertz CT molecular complexity index is 737. The molecule has 2 aromatic rings. The molecule has 2 aliphatic rings. The van der Waals surface area contributed by atoms with Crippen molar-refractivity contribution < 1.29 is 14.3 Å². The van der Waals surface area contributed by atoms with Crippen LogP contribution in [0.4, 0.5) is 5.69 Å². The van der Waals surface area contributed by atoms with Crippen molar-refractivity contribution in [1.82, 2.24) is 4.90 Å². The van der Waals surface area contributed by atoms with Crippen LogP contribution in [0.15, 0.2) is 48.5 Å². The van der Waals surface area contributed by atoms with E-state index in [4.69, 9.17) is 4.74 Å². The molecule has 4 rings (SSSR count). The number of nitrogens with one attached hydrogen (secondary N) is 1. The van der Waals surface area contributed by atoms with E-state index < -0.39 is 0 Å². The van der Waals surface area contributed by atoms with Crippen LogP contribution in [0.25, 0.3) is 0 Å². The van der Waals surface area contributed by atoms with Crippen LogP contribution in [0.1, 0.15) is 20.7 Å². The second-order valence-corrected chi connectivity index (χ2v) is 5.41. The Balaban J connectivity index is 1.54. The third-order valence-electron chi connectivity index (χ3n) is 3.97. The molecule has 5 heteroatoms. The highest BCUT2D eigenvalue weighted by Crippen LogP contribution is 2.29. The lowest BCUT2D eigenvalue weighted by Crippen LogP contribution is -2.44. The van der Waals surface area contributed by atoms with Gasteiger partial charge in [-0.05, 0) is 24.3 Å². The first-order chi connectivity index (χ1) is 10.7. The minimum Gasteiger partial charge on any atom is -0.489 e. The number of hydrogen-bond donors (Lipinski definition) is 1. The number of carbonyl (C=O) groups is 2. The first kappa shape index (κ1) is 12.9. The average Bonchev–Trinajstić information content (AvgIpc) is 2.80. The molecule has 0 aliphatic carbocycles. The number of anilines is 1. The highest BCUT2D eigenvalue weighted by Gasteiger charge is 2.37. The SMILES string of the molecule is O=C1c2ccccc2C(=O)N1CC1COc2ccccc2N1. The molecule has 0 spiro atoms. The van der Waals surface area contributed by atoms with E-state index in [-0.39, 0.29) is 17.9 Å². The molecule has 1 atom stereocenters. The maximum atomic E-state index is 12.4. The van der Waals surface area contributed by atoms with Crippen LogP contribution < -0.4 is 10.1 Å². The third-order valence-corrected chi connectivity index (χ3v) is 3.97. The van der Waals surface area contributed by atoms with Crippen molar-refractivity contribution in [2.45, 2.75) is 6.04 Å². The Morgan fingerprint density at radius 3 is 2.36 bits per heavy atom. The molecule has 110 valence electrons. The predicted octanol–water partition coefficient (Wildman–Crippen LogP) is 2.16. The molecule has 2 amide bonds. The maximum absolute atomic E-state index is 12.4. The monoisotopic (exact) mass is 294 g/mol. The molecular weight excluding hydrogens is 280 g/mol. The van der Waals surface area contributed by atoms with E-state index in [2.05, 4.69) is 5.32 Å². The van der Waals surface area contributed by atoms with Crippen LogP contribution >= 0.6 is 0 Å². The summed E-state index contributed by atoms with van der Waals surface area (Å²) >= 11 is 0. The number of fused-ring (bicyclic) bond motifs is 2. The number of para-hydroxylation sites is 2. The van der Waals surface area contributed by atoms with Gasteiger partial charge in [0.05, 0.1) is 29.4 Å². The average molecular weight is 294 g/mol. The van der Waals surface area contributed by atoms with Gasteiger partial charge in [-0.25, -0.2) is 0 Å². The molecule has 1 N–H and O–H groups in total. The van der Waals surface area contributed by atoms with Crippen LogP contribution in [0, 0.1) is 0 Å². The van der Waals surface area contributed by atoms with Crippen LogP contribution in [0.5, 0.6) is 5.75 Å². The van der Waals surface area contributed by atoms with E-state index in [1.54, 1.807) is 24.3 Å². The zero-order valence-electron chi connectivity index (χ0n) is 11.8. The topological polar surface area (TPSA) is 58.6 Å². The molecule has 0 saturated carbocycles. The van der Waals surface area contributed by atoms with Crippen molar-refractivity contribution in [3.8, 4) is 5.75 Å². The van der Waals surface area contributed by atoms with E-state index >= 15 is 0 Å². The van der Waals surface area contributed by atoms with E-state index in [0.29, 0.717) is 24.3 Å². The van der Waals surface area contributed by atoms with Crippen LogP contribution in [-0.4, -0.2) is 35.9 Å². The van der Waals surface area contributed by atoms with E-state index in [1.807, 2.05) is 24.3 Å². The van der Waals surface area contributed by atoms with Crippen molar-refractivity contribution >= 4 is 17.5 Å². The van der Waals surface area contributed by atoms with E-state index in [1.165, 1.54) is 4.90 Å². The zero-order valence-corrected chi connectivity index (χ0v) is 11.8. The van der Waals surface area contributed by atoms with Gasteiger partial charge >= 0.3 is 0 Å². The van der Waals surface area contributed by atoms with Gasteiger partial charge in [0.15, 0.2) is 0 Å². The highest BCUT2D eigenvalue weighted by molar-refractivity contribution is 6.21. The second-order valence-electron chi connectivity index (χ2n) is 5.41. The Morgan fingerprint density at radius 2 is 1.64 bits per heavy atom. The summed E-state index contributed by atoms with van der Waals surface area (Å²) in [5, 5.41) is 3.32. The van der Waals surface area contributed by atoms with Crippen molar-refractivity contribution in [3.05, 3.63) is 59.7 Å². The minimum atomic E-state index is -0.235. The lowest BCUT2D eigenvalue weighted by Gasteiger charge is -2.29. The van der Waals surface area contributed by atoms with Gasteiger partial charge in [0.2, 0.25) is 0 Å². The Morgan fingerprint density at radius 1 is 1.00 bits per heavy atom. The van der Waals surface area contributed by atoms with Crippen LogP contribution in [0.3, 0.4) is 0 Å². The molecule has 2 aliphatic heterocycles. The lowest BCUT2D eigenvalue weighted by molar-refractivity contribution is 0.0638. The maximum Gasteiger partial charge on any atom is 0.261 e. The summed E-state index contributed by atoms with van der Waals surface area (Å²) in [4.78, 5) is 26.0. The van der Waals surface area contributed by atoms with Crippen molar-refractivity contribution in [2.75, 3.05) is 18.5 Å². The van der Waals surface area contributed by atoms with Gasteiger partial charge < -0.3 is 10.1 Å². The molecule has 22 heavy (non-hydrogen) atoms. The van der Waals surface area contributed by atoms with Crippen molar-refractivity contribution in [2.24, 2.45) is 0 Å². The van der Waals surface area contributed by atoms with Gasteiger partial charge in [0, 0.05) is 0 Å². The molecular formula is C17H14N2O3. The van der Waals surface area contributed by atoms with Gasteiger partial charge in [0.1, 0.15) is 12.4 Å². The fourth-order valence-electron chi connectivity index (χ4n) is 2.89. The molecule has 0 bridgehead atoms. The molecule has 2 aromatic carbocycles. The summed E-state index contributed by atoms with van der Waals surface area (Å²) < 4.78 is 5.68. The lowest BCUT2D eigenvalue weighted by atomic mass is 10.1. The molecule has 5 nitrogen and oxygen atoms in total. The highest BCUT2D eigenvalue weighted by atomic mass is 16.5. The number of ether oxygens (including phenoxy) is 1. The minimum absolute atomic E-state index is 0.114. The fourth-order valence-corrected chi connectivity index (χ4v) is 2.89. The fraction of sp³-hybridized carbons (Fsp3) is 0.176. The molecule has 1 unspecified atom stereocenters. The molecule has 0 radical (unpaired) electrons. The molecule has 2 heterocycles. The van der Waals surface area contributed by atoms with Gasteiger partial charge in [-0.15, -0.1) is 0 Å². The van der Waals surface area contributed by atoms with Gasteiger partial charge in [-0.3, -0.25) is 14.5 Å². The van der Waals surface area contributed by atoms with Gasteiger partial charge in [-0.2, -0.15) is 0 Å². The Kier molecular flexibility index (Phi) is 2.85. The number of nitrogens with zero attached hydrogens (tertiary/aromatic N) is 1.